The summed E-state index contributed by atoms with van der Waals surface area (Å²) in [7, 11) is -3.75. The third-order valence-corrected chi connectivity index (χ3v) is 7.57. The molecule has 2 heterocycles. The van der Waals surface area contributed by atoms with E-state index < -0.39 is 15.8 Å². The summed E-state index contributed by atoms with van der Waals surface area (Å²) in [5.74, 6) is 0.0765. The predicted octanol–water partition coefficient (Wildman–Crippen LogP) is 0.627. The number of quaternary nitrogens is 1. The number of piperazine rings is 1. The average Bonchev–Trinajstić information content (AvgIpc) is 2.64. The van der Waals surface area contributed by atoms with Gasteiger partial charge in [-0.05, 0) is 31.0 Å². The summed E-state index contributed by atoms with van der Waals surface area (Å²) in [6.07, 6.45) is 2.37. The molecule has 2 fully saturated rings. The first-order valence-corrected chi connectivity index (χ1v) is 11.2. The third kappa shape index (κ3) is 4.80. The smallest absolute Gasteiger partial charge is 0.277 e. The van der Waals surface area contributed by atoms with E-state index in [4.69, 9.17) is 11.6 Å². The van der Waals surface area contributed by atoms with E-state index in [1.54, 1.807) is 4.90 Å². The number of amides is 1. The highest BCUT2D eigenvalue weighted by Gasteiger charge is 2.32. The van der Waals surface area contributed by atoms with Crippen LogP contribution in [-0.4, -0.2) is 69.3 Å². The molecular weight excluding hydrogens is 393 g/mol. The van der Waals surface area contributed by atoms with E-state index in [-0.39, 0.29) is 28.9 Å². The van der Waals surface area contributed by atoms with Crippen molar-refractivity contribution in [2.75, 3.05) is 45.8 Å². The number of carbonyl (C=O) groups excluding carboxylic acids is 1. The van der Waals surface area contributed by atoms with Crippen LogP contribution in [0.4, 0.5) is 4.39 Å². The molecule has 150 valence electrons. The molecule has 2 saturated heterocycles. The van der Waals surface area contributed by atoms with Crippen LogP contribution in [0.3, 0.4) is 0 Å². The molecule has 2 aliphatic heterocycles. The van der Waals surface area contributed by atoms with Crippen molar-refractivity contribution in [2.24, 2.45) is 5.92 Å². The molecule has 1 N–H and O–H groups in total. The van der Waals surface area contributed by atoms with Crippen molar-refractivity contribution in [3.05, 3.63) is 29.0 Å². The maximum Gasteiger partial charge on any atom is 0.277 e. The molecule has 1 aromatic rings. The lowest BCUT2D eigenvalue weighted by atomic mass is 10.0. The fourth-order valence-electron chi connectivity index (χ4n) is 3.85. The molecule has 0 spiro atoms. The Morgan fingerprint density at radius 2 is 2.00 bits per heavy atom. The molecule has 0 radical (unpaired) electrons. The number of sulfonamides is 1. The lowest BCUT2D eigenvalue weighted by Crippen LogP contribution is -3.14. The molecule has 2 aliphatic rings. The normalized spacial score (nSPS) is 24.8. The van der Waals surface area contributed by atoms with E-state index >= 15 is 0 Å². The molecular formula is C18H26ClFN3O3S+. The third-order valence-electron chi connectivity index (χ3n) is 5.39. The fourth-order valence-corrected chi connectivity index (χ4v) is 5.54. The van der Waals surface area contributed by atoms with Crippen molar-refractivity contribution in [1.29, 1.82) is 0 Å². The van der Waals surface area contributed by atoms with Crippen LogP contribution in [0.15, 0.2) is 23.1 Å². The fraction of sp³-hybridized carbons (Fsp3) is 0.611. The van der Waals surface area contributed by atoms with Crippen molar-refractivity contribution in [3.8, 4) is 0 Å². The number of nitrogens with one attached hydrogen (secondary N) is 1. The largest absolute Gasteiger partial charge is 0.335 e. The lowest BCUT2D eigenvalue weighted by molar-refractivity contribution is -0.900. The minimum Gasteiger partial charge on any atom is -0.335 e. The number of rotatable bonds is 4. The summed E-state index contributed by atoms with van der Waals surface area (Å²) in [4.78, 5) is 15.6. The second-order valence-electron chi connectivity index (χ2n) is 7.49. The van der Waals surface area contributed by atoms with Gasteiger partial charge in [-0.3, -0.25) is 4.79 Å². The number of hydrogen-bond donors (Lipinski definition) is 1. The molecule has 1 amide bonds. The number of benzene rings is 1. The number of carbonyl (C=O) groups is 1. The van der Waals surface area contributed by atoms with Crippen molar-refractivity contribution in [3.63, 3.8) is 0 Å². The van der Waals surface area contributed by atoms with Crippen LogP contribution in [-0.2, 0) is 14.8 Å². The van der Waals surface area contributed by atoms with Gasteiger partial charge in [0.15, 0.2) is 6.54 Å². The van der Waals surface area contributed by atoms with Crippen LogP contribution in [0.5, 0.6) is 0 Å². The van der Waals surface area contributed by atoms with E-state index in [0.717, 1.165) is 31.6 Å². The van der Waals surface area contributed by atoms with Gasteiger partial charge in [0, 0.05) is 32.1 Å². The van der Waals surface area contributed by atoms with E-state index in [2.05, 4.69) is 6.92 Å². The molecule has 1 aromatic carbocycles. The monoisotopic (exact) mass is 418 g/mol. The van der Waals surface area contributed by atoms with Crippen LogP contribution in [0.1, 0.15) is 19.8 Å². The van der Waals surface area contributed by atoms with Crippen LogP contribution in [0, 0.1) is 11.7 Å². The highest BCUT2D eigenvalue weighted by molar-refractivity contribution is 7.89. The minimum atomic E-state index is -3.75. The highest BCUT2D eigenvalue weighted by Crippen LogP contribution is 2.23. The van der Waals surface area contributed by atoms with Crippen LogP contribution < -0.4 is 4.90 Å². The van der Waals surface area contributed by atoms with Crippen molar-refractivity contribution in [2.45, 2.75) is 24.7 Å². The summed E-state index contributed by atoms with van der Waals surface area (Å²) in [5, 5.41) is -0.219. The second-order valence-corrected chi connectivity index (χ2v) is 9.83. The summed E-state index contributed by atoms with van der Waals surface area (Å²) >= 11 is 5.71. The van der Waals surface area contributed by atoms with Gasteiger partial charge >= 0.3 is 0 Å². The van der Waals surface area contributed by atoms with Gasteiger partial charge in [0.2, 0.25) is 10.0 Å². The molecule has 6 nitrogen and oxygen atoms in total. The first kappa shape index (κ1) is 20.5. The lowest BCUT2D eigenvalue weighted by Gasteiger charge is -2.35. The zero-order valence-corrected chi connectivity index (χ0v) is 17.0. The number of nitrogens with zero attached hydrogens (tertiary/aromatic N) is 2. The molecule has 0 aromatic heterocycles. The SMILES string of the molecule is C[C@H]1CCC[NH+](CC(=O)N2CCN(S(=O)(=O)c3ccc(F)c(Cl)c3)CC2)C1. The molecule has 2 atom stereocenters. The minimum absolute atomic E-state index is 0.0274. The zero-order chi connectivity index (χ0) is 19.6. The van der Waals surface area contributed by atoms with E-state index in [9.17, 15) is 17.6 Å². The van der Waals surface area contributed by atoms with Crippen molar-refractivity contribution < 1.29 is 22.5 Å². The quantitative estimate of drug-likeness (QED) is 0.780. The summed E-state index contributed by atoms with van der Waals surface area (Å²) in [5.41, 5.74) is 0. The summed E-state index contributed by atoms with van der Waals surface area (Å²) < 4.78 is 40.1. The second kappa shape index (κ2) is 8.43. The number of halogens is 2. The van der Waals surface area contributed by atoms with Gasteiger partial charge in [0.05, 0.1) is 23.0 Å². The first-order valence-electron chi connectivity index (χ1n) is 9.34. The Morgan fingerprint density at radius 1 is 1.30 bits per heavy atom. The van der Waals surface area contributed by atoms with Crippen molar-refractivity contribution in [1.82, 2.24) is 9.21 Å². The van der Waals surface area contributed by atoms with E-state index in [0.29, 0.717) is 25.6 Å². The van der Waals surface area contributed by atoms with Gasteiger partial charge in [0.25, 0.3) is 5.91 Å². The zero-order valence-electron chi connectivity index (χ0n) is 15.5. The molecule has 9 heteroatoms. The number of likely N-dealkylation sites (tertiary alicyclic amines) is 1. The van der Waals surface area contributed by atoms with Crippen LogP contribution >= 0.6 is 11.6 Å². The van der Waals surface area contributed by atoms with E-state index in [1.165, 1.54) is 21.7 Å². The Bertz CT molecular complexity index is 797. The maximum absolute atomic E-state index is 13.3. The number of piperidine rings is 1. The van der Waals surface area contributed by atoms with Gasteiger partial charge < -0.3 is 9.80 Å². The molecule has 0 bridgehead atoms. The summed E-state index contributed by atoms with van der Waals surface area (Å²) in [6, 6.07) is 3.40. The van der Waals surface area contributed by atoms with Gasteiger partial charge in [-0.15, -0.1) is 0 Å². The Kier molecular flexibility index (Phi) is 6.40. The molecule has 0 saturated carbocycles. The van der Waals surface area contributed by atoms with Gasteiger partial charge in [-0.2, -0.15) is 4.31 Å². The van der Waals surface area contributed by atoms with Crippen LogP contribution in [0.25, 0.3) is 0 Å². The molecule has 0 aliphatic carbocycles. The van der Waals surface area contributed by atoms with Gasteiger partial charge in [-0.1, -0.05) is 18.5 Å². The summed E-state index contributed by atoms with van der Waals surface area (Å²) in [6.45, 7) is 5.94. The molecule has 1 unspecified atom stereocenters. The Balaban J connectivity index is 1.57. The topological polar surface area (TPSA) is 62.1 Å². The maximum atomic E-state index is 13.3. The van der Waals surface area contributed by atoms with Gasteiger partial charge in [0.1, 0.15) is 5.82 Å². The number of hydrogen-bond acceptors (Lipinski definition) is 3. The van der Waals surface area contributed by atoms with Crippen LogP contribution in [0.2, 0.25) is 5.02 Å². The molecule has 27 heavy (non-hydrogen) atoms. The van der Waals surface area contributed by atoms with Gasteiger partial charge in [-0.25, -0.2) is 12.8 Å². The predicted molar refractivity (Wildman–Crippen MR) is 101 cm³/mol. The first-order chi connectivity index (χ1) is 12.8. The Hall–Kier alpha value is -1.22. The Morgan fingerprint density at radius 3 is 2.63 bits per heavy atom. The standard InChI is InChI=1S/C18H25ClFN3O3S/c1-14-3-2-6-21(12-14)13-18(24)22-7-9-23(10-8-22)27(25,26)15-4-5-17(20)16(19)11-15/h4-5,11,14H,2-3,6-10,12-13H2,1H3/p+1/t14-/m0/s1. The highest BCUT2D eigenvalue weighted by atomic mass is 35.5. The Labute approximate surface area is 164 Å². The van der Waals surface area contributed by atoms with E-state index in [1.807, 2.05) is 0 Å². The van der Waals surface area contributed by atoms with Crippen molar-refractivity contribution >= 4 is 27.5 Å². The average molecular weight is 419 g/mol. The molecule has 3 rings (SSSR count).